The molecule has 0 spiro atoms. The molecule has 100 valence electrons. The van der Waals surface area contributed by atoms with Crippen LogP contribution in [0.2, 0.25) is 0 Å². The van der Waals surface area contributed by atoms with Crippen LogP contribution in [0.5, 0.6) is 11.5 Å². The highest BCUT2D eigenvalue weighted by Gasteiger charge is 2.15. The van der Waals surface area contributed by atoms with E-state index in [1.54, 1.807) is 12.1 Å². The summed E-state index contributed by atoms with van der Waals surface area (Å²) in [6.07, 6.45) is 0. The highest BCUT2D eigenvalue weighted by molar-refractivity contribution is 9.10. The topological polar surface area (TPSA) is 76.2 Å². The van der Waals surface area contributed by atoms with E-state index in [1.165, 1.54) is 18.2 Å². The van der Waals surface area contributed by atoms with Crippen LogP contribution in [0.3, 0.4) is 0 Å². The molecule has 0 aliphatic rings. The molecule has 2 aromatic rings. The summed E-state index contributed by atoms with van der Waals surface area (Å²) in [6, 6.07) is 11.4. The highest BCUT2D eigenvalue weighted by atomic mass is 79.9. The maximum atomic E-state index is 10.7. The van der Waals surface area contributed by atoms with Crippen LogP contribution in [0.4, 0.5) is 5.69 Å². The Balaban J connectivity index is 2.35. The van der Waals surface area contributed by atoms with Gasteiger partial charge >= 0.3 is 0 Å². The third-order valence-electron chi connectivity index (χ3n) is 2.60. The second-order valence-corrected chi connectivity index (χ2v) is 4.94. The van der Waals surface area contributed by atoms with Crippen molar-refractivity contribution in [3.05, 3.63) is 62.1 Å². The summed E-state index contributed by atoms with van der Waals surface area (Å²) in [6.45, 7) is 1.95. The molecule has 2 rings (SSSR count). The molecule has 0 aliphatic heterocycles. The normalized spacial score (nSPS) is 9.85. The lowest BCUT2D eigenvalue weighted by molar-refractivity contribution is -0.385. The molecular weight excluding hydrogens is 324 g/mol. The Morgan fingerprint density at radius 2 is 2.05 bits per heavy atom. The van der Waals surface area contributed by atoms with Gasteiger partial charge in [-0.05, 0) is 46.6 Å². The summed E-state index contributed by atoms with van der Waals surface area (Å²) < 4.78 is 6.39. The van der Waals surface area contributed by atoms with Gasteiger partial charge in [0, 0.05) is 12.1 Å². The maximum Gasteiger partial charge on any atom is 0.287 e. The first-order chi connectivity index (χ1) is 9.51. The predicted octanol–water partition coefficient (Wildman–Crippen LogP) is 4.33. The van der Waals surface area contributed by atoms with Crippen LogP contribution in [-0.2, 0) is 0 Å². The van der Waals surface area contributed by atoms with Gasteiger partial charge in [0.25, 0.3) is 5.69 Å². The first-order valence-corrected chi connectivity index (χ1v) is 6.43. The zero-order valence-electron chi connectivity index (χ0n) is 10.5. The molecule has 0 N–H and O–H groups in total. The number of nitro benzene ring substituents is 1. The van der Waals surface area contributed by atoms with Crippen LogP contribution in [0.15, 0.2) is 40.9 Å². The van der Waals surface area contributed by atoms with Gasteiger partial charge in [0.1, 0.15) is 23.1 Å². The highest BCUT2D eigenvalue weighted by Crippen LogP contribution is 2.32. The first-order valence-electron chi connectivity index (χ1n) is 5.64. The fraction of sp³-hybridized carbons (Fsp3) is 0.0714. The van der Waals surface area contributed by atoms with E-state index in [1.807, 2.05) is 19.1 Å². The maximum absolute atomic E-state index is 10.7. The minimum Gasteiger partial charge on any atom is -0.456 e. The Kier molecular flexibility index (Phi) is 4.01. The number of nitro groups is 1. The van der Waals surface area contributed by atoms with E-state index in [-0.39, 0.29) is 11.3 Å². The van der Waals surface area contributed by atoms with E-state index in [0.717, 1.165) is 10.0 Å². The Bertz CT molecular complexity index is 723. The lowest BCUT2D eigenvalue weighted by Gasteiger charge is -2.08. The molecule has 0 saturated carbocycles. The molecule has 2 aromatic carbocycles. The molecule has 0 aromatic heterocycles. The average molecular weight is 333 g/mol. The number of nitrogens with zero attached hydrogens (tertiary/aromatic N) is 2. The number of halogens is 1. The summed E-state index contributed by atoms with van der Waals surface area (Å²) in [4.78, 5) is 10.2. The van der Waals surface area contributed by atoms with Gasteiger partial charge in [-0.25, -0.2) is 0 Å². The van der Waals surface area contributed by atoms with Gasteiger partial charge < -0.3 is 4.74 Å². The van der Waals surface area contributed by atoms with Crippen molar-refractivity contribution < 1.29 is 9.66 Å². The number of hydrogen-bond acceptors (Lipinski definition) is 4. The van der Waals surface area contributed by atoms with Crippen LogP contribution >= 0.6 is 15.9 Å². The molecule has 0 amide bonds. The average Bonchev–Trinajstić information content (AvgIpc) is 2.41. The SMILES string of the molecule is Cc1ccc(Oc2ccc([N+](=O)[O-])c(C#N)c2)c(Br)c1. The van der Waals surface area contributed by atoms with Gasteiger partial charge in [0.2, 0.25) is 0 Å². The fourth-order valence-electron chi connectivity index (χ4n) is 1.64. The van der Waals surface area contributed by atoms with Gasteiger partial charge in [0.15, 0.2) is 0 Å². The van der Waals surface area contributed by atoms with Crippen LogP contribution < -0.4 is 4.74 Å². The Labute approximate surface area is 123 Å². The van der Waals surface area contributed by atoms with Crippen molar-refractivity contribution in [1.29, 1.82) is 5.26 Å². The fourth-order valence-corrected chi connectivity index (χ4v) is 2.22. The van der Waals surface area contributed by atoms with E-state index in [9.17, 15) is 10.1 Å². The van der Waals surface area contributed by atoms with E-state index in [4.69, 9.17) is 10.00 Å². The predicted molar refractivity (Wildman–Crippen MR) is 76.8 cm³/mol. The Morgan fingerprint density at radius 3 is 2.65 bits per heavy atom. The largest absolute Gasteiger partial charge is 0.456 e. The third kappa shape index (κ3) is 2.95. The van der Waals surface area contributed by atoms with Gasteiger partial charge in [-0.2, -0.15) is 5.26 Å². The summed E-state index contributed by atoms with van der Waals surface area (Å²) in [7, 11) is 0. The summed E-state index contributed by atoms with van der Waals surface area (Å²) in [5.41, 5.74) is 0.809. The number of aryl methyl sites for hydroxylation is 1. The van der Waals surface area contributed by atoms with Gasteiger partial charge in [-0.3, -0.25) is 10.1 Å². The number of nitriles is 1. The van der Waals surface area contributed by atoms with Gasteiger partial charge in [-0.1, -0.05) is 6.07 Å². The molecule has 0 fully saturated rings. The summed E-state index contributed by atoms with van der Waals surface area (Å²) in [5, 5.41) is 19.7. The third-order valence-corrected chi connectivity index (χ3v) is 3.22. The summed E-state index contributed by atoms with van der Waals surface area (Å²) in [5.74, 6) is 0.949. The Hall–Kier alpha value is -2.39. The number of benzene rings is 2. The second kappa shape index (κ2) is 5.72. The quantitative estimate of drug-likeness (QED) is 0.619. The van der Waals surface area contributed by atoms with E-state index in [0.29, 0.717) is 11.5 Å². The minimum absolute atomic E-state index is 0.0317. The van der Waals surface area contributed by atoms with Crippen molar-refractivity contribution in [3.8, 4) is 17.6 Å². The summed E-state index contributed by atoms with van der Waals surface area (Å²) >= 11 is 3.38. The lowest BCUT2D eigenvalue weighted by Crippen LogP contribution is -1.93. The lowest BCUT2D eigenvalue weighted by atomic mass is 10.2. The van der Waals surface area contributed by atoms with Crippen LogP contribution in [0, 0.1) is 28.4 Å². The molecule has 0 radical (unpaired) electrons. The number of ether oxygens (including phenoxy) is 1. The molecule has 0 atom stereocenters. The molecule has 0 bridgehead atoms. The number of hydrogen-bond donors (Lipinski definition) is 0. The van der Waals surface area contributed by atoms with E-state index >= 15 is 0 Å². The molecule has 6 heteroatoms. The van der Waals surface area contributed by atoms with Crippen molar-refractivity contribution in [3.63, 3.8) is 0 Å². The zero-order chi connectivity index (χ0) is 14.7. The van der Waals surface area contributed by atoms with Crippen molar-refractivity contribution in [1.82, 2.24) is 0 Å². The van der Waals surface area contributed by atoms with E-state index in [2.05, 4.69) is 15.9 Å². The van der Waals surface area contributed by atoms with E-state index < -0.39 is 4.92 Å². The molecule has 0 unspecified atom stereocenters. The van der Waals surface area contributed by atoms with Crippen molar-refractivity contribution in [2.24, 2.45) is 0 Å². The standard InChI is InChI=1S/C14H9BrN2O3/c1-9-2-5-14(12(15)6-9)20-11-3-4-13(17(18)19)10(7-11)8-16/h2-7H,1H3. The monoisotopic (exact) mass is 332 g/mol. The van der Waals surface area contributed by atoms with Crippen LogP contribution in [0.1, 0.15) is 11.1 Å². The molecule has 5 nitrogen and oxygen atoms in total. The van der Waals surface area contributed by atoms with Crippen molar-refractivity contribution in [2.45, 2.75) is 6.92 Å². The van der Waals surface area contributed by atoms with Crippen molar-refractivity contribution in [2.75, 3.05) is 0 Å². The van der Waals surface area contributed by atoms with Crippen LogP contribution in [0.25, 0.3) is 0 Å². The van der Waals surface area contributed by atoms with Gasteiger partial charge in [-0.15, -0.1) is 0 Å². The van der Waals surface area contributed by atoms with Gasteiger partial charge in [0.05, 0.1) is 9.40 Å². The molecule has 20 heavy (non-hydrogen) atoms. The number of rotatable bonds is 3. The zero-order valence-corrected chi connectivity index (χ0v) is 12.0. The van der Waals surface area contributed by atoms with Crippen LogP contribution in [-0.4, -0.2) is 4.92 Å². The molecule has 0 aliphatic carbocycles. The van der Waals surface area contributed by atoms with Crippen molar-refractivity contribution >= 4 is 21.6 Å². The minimum atomic E-state index is -0.593. The molecule has 0 heterocycles. The Morgan fingerprint density at radius 1 is 1.30 bits per heavy atom. The molecular formula is C14H9BrN2O3. The first kappa shape index (κ1) is 14.0. The second-order valence-electron chi connectivity index (χ2n) is 4.08. The molecule has 0 saturated heterocycles. The smallest absolute Gasteiger partial charge is 0.287 e.